The summed E-state index contributed by atoms with van der Waals surface area (Å²) >= 11 is 0. The van der Waals surface area contributed by atoms with Gasteiger partial charge in [-0.3, -0.25) is 19.7 Å². The number of hydrogen-bond donors (Lipinski definition) is 1. The molecule has 0 saturated carbocycles. The molecule has 1 N–H and O–H groups in total. The summed E-state index contributed by atoms with van der Waals surface area (Å²) in [5.74, 6) is -1.01. The van der Waals surface area contributed by atoms with Crippen molar-refractivity contribution in [3.8, 4) is 0 Å². The number of piperazine rings is 1. The van der Waals surface area contributed by atoms with Crippen molar-refractivity contribution in [2.45, 2.75) is 6.18 Å². The summed E-state index contributed by atoms with van der Waals surface area (Å²) in [6.07, 6.45) is -1.74. The summed E-state index contributed by atoms with van der Waals surface area (Å²) < 4.78 is 39.9. The Balaban J connectivity index is 1.31. The van der Waals surface area contributed by atoms with Crippen molar-refractivity contribution < 1.29 is 27.7 Å². The molecule has 1 heterocycles. The Labute approximate surface area is 216 Å². The molecule has 8 nitrogen and oxygen atoms in total. The third kappa shape index (κ3) is 6.36. The van der Waals surface area contributed by atoms with Crippen molar-refractivity contribution in [1.29, 1.82) is 0 Å². The number of carbonyl (C=O) groups is 2. The van der Waals surface area contributed by atoms with Crippen molar-refractivity contribution in [1.82, 2.24) is 4.90 Å². The van der Waals surface area contributed by atoms with Crippen molar-refractivity contribution in [2.75, 3.05) is 36.4 Å². The van der Waals surface area contributed by atoms with E-state index in [1.807, 2.05) is 17.0 Å². The van der Waals surface area contributed by atoms with Gasteiger partial charge >= 0.3 is 6.18 Å². The molecule has 0 bridgehead atoms. The lowest BCUT2D eigenvalue weighted by Crippen LogP contribution is -2.49. The molecular formula is C27H23F3N4O4. The lowest BCUT2D eigenvalue weighted by atomic mass is 10.1. The first-order chi connectivity index (χ1) is 18.1. The maximum atomic E-state index is 13.3. The second-order valence-corrected chi connectivity index (χ2v) is 8.54. The quantitative estimate of drug-likeness (QED) is 0.271. The molecule has 38 heavy (non-hydrogen) atoms. The minimum absolute atomic E-state index is 0.0357. The molecule has 0 radical (unpaired) electrons. The van der Waals surface area contributed by atoms with Crippen LogP contribution in [0.1, 0.15) is 21.5 Å². The predicted octanol–water partition coefficient (Wildman–Crippen LogP) is 5.23. The van der Waals surface area contributed by atoms with Gasteiger partial charge in [0.1, 0.15) is 0 Å². The summed E-state index contributed by atoms with van der Waals surface area (Å²) in [5, 5.41) is 13.4. The van der Waals surface area contributed by atoms with Crippen LogP contribution in [0, 0.1) is 10.1 Å². The molecule has 1 saturated heterocycles. The molecule has 0 spiro atoms. The van der Waals surface area contributed by atoms with E-state index >= 15 is 0 Å². The standard InChI is InChI=1S/C27H23F3N4O4/c28-27(29,30)24-4-2-1-3-23(24)26(36)33-17-15-32(16-18-33)21-12-8-20(9-13-21)31-25(35)14-7-19-5-10-22(11-6-19)34(37)38/h1-14H,15-18H2,(H,31,35)/b14-7+. The van der Waals surface area contributed by atoms with Gasteiger partial charge < -0.3 is 15.1 Å². The van der Waals surface area contributed by atoms with Gasteiger partial charge in [0.05, 0.1) is 16.1 Å². The second-order valence-electron chi connectivity index (χ2n) is 8.54. The van der Waals surface area contributed by atoms with Crippen LogP contribution in [-0.2, 0) is 11.0 Å². The number of anilines is 2. The van der Waals surface area contributed by atoms with E-state index in [2.05, 4.69) is 5.32 Å². The number of non-ortho nitro benzene ring substituents is 1. The van der Waals surface area contributed by atoms with E-state index in [4.69, 9.17) is 0 Å². The highest BCUT2D eigenvalue weighted by atomic mass is 19.4. The summed E-state index contributed by atoms with van der Waals surface area (Å²) in [4.78, 5) is 38.7. The molecule has 0 aliphatic carbocycles. The number of halogens is 3. The maximum absolute atomic E-state index is 13.3. The van der Waals surface area contributed by atoms with Crippen LogP contribution in [0.4, 0.5) is 30.2 Å². The van der Waals surface area contributed by atoms with E-state index in [9.17, 15) is 32.9 Å². The van der Waals surface area contributed by atoms with Crippen LogP contribution in [0.15, 0.2) is 78.9 Å². The number of nitro groups is 1. The van der Waals surface area contributed by atoms with E-state index in [1.165, 1.54) is 41.3 Å². The van der Waals surface area contributed by atoms with E-state index < -0.39 is 22.6 Å². The van der Waals surface area contributed by atoms with Crippen LogP contribution >= 0.6 is 0 Å². The topological polar surface area (TPSA) is 95.8 Å². The molecule has 0 unspecified atom stereocenters. The molecule has 1 fully saturated rings. The number of nitrogens with zero attached hydrogens (tertiary/aromatic N) is 3. The number of hydrogen-bond acceptors (Lipinski definition) is 5. The molecule has 1 aliphatic heterocycles. The highest BCUT2D eigenvalue weighted by Gasteiger charge is 2.36. The molecule has 3 aromatic rings. The van der Waals surface area contributed by atoms with Gasteiger partial charge in [-0.05, 0) is 60.2 Å². The summed E-state index contributed by atoms with van der Waals surface area (Å²) in [5.41, 5.74) is 0.729. The van der Waals surface area contributed by atoms with Crippen molar-refractivity contribution in [3.63, 3.8) is 0 Å². The highest BCUT2D eigenvalue weighted by molar-refractivity contribution is 6.02. The van der Waals surface area contributed by atoms with Gasteiger partial charge in [0, 0.05) is 55.8 Å². The van der Waals surface area contributed by atoms with E-state index in [0.717, 1.165) is 11.8 Å². The smallest absolute Gasteiger partial charge is 0.368 e. The van der Waals surface area contributed by atoms with Gasteiger partial charge in [-0.2, -0.15) is 13.2 Å². The molecule has 0 atom stereocenters. The Kier molecular flexibility index (Phi) is 7.75. The monoisotopic (exact) mass is 524 g/mol. The Morgan fingerprint density at radius 2 is 1.53 bits per heavy atom. The summed E-state index contributed by atoms with van der Waals surface area (Å²) in [7, 11) is 0. The number of rotatable bonds is 6. The molecule has 11 heteroatoms. The van der Waals surface area contributed by atoms with Gasteiger partial charge in [0.2, 0.25) is 5.91 Å². The third-order valence-corrected chi connectivity index (χ3v) is 6.06. The minimum Gasteiger partial charge on any atom is -0.368 e. The fourth-order valence-corrected chi connectivity index (χ4v) is 4.07. The minimum atomic E-state index is -4.61. The number of benzene rings is 3. The summed E-state index contributed by atoms with van der Waals surface area (Å²) in [6.45, 7) is 1.45. The summed E-state index contributed by atoms with van der Waals surface area (Å²) in [6, 6.07) is 17.7. The molecular weight excluding hydrogens is 501 g/mol. The number of nitro benzene ring substituents is 1. The van der Waals surface area contributed by atoms with Gasteiger partial charge in [-0.1, -0.05) is 12.1 Å². The van der Waals surface area contributed by atoms with Crippen LogP contribution in [-0.4, -0.2) is 47.8 Å². The maximum Gasteiger partial charge on any atom is 0.417 e. The molecule has 196 valence electrons. The zero-order valence-electron chi connectivity index (χ0n) is 20.0. The van der Waals surface area contributed by atoms with Gasteiger partial charge in [0.15, 0.2) is 0 Å². The van der Waals surface area contributed by atoms with E-state index in [1.54, 1.807) is 30.3 Å². The lowest BCUT2D eigenvalue weighted by molar-refractivity contribution is -0.384. The Bertz CT molecular complexity index is 1350. The van der Waals surface area contributed by atoms with Gasteiger partial charge in [0.25, 0.3) is 11.6 Å². The van der Waals surface area contributed by atoms with Crippen molar-refractivity contribution in [2.24, 2.45) is 0 Å². The number of alkyl halides is 3. The number of carbonyl (C=O) groups excluding carboxylic acids is 2. The molecule has 4 rings (SSSR count). The third-order valence-electron chi connectivity index (χ3n) is 6.06. The van der Waals surface area contributed by atoms with Crippen LogP contribution in [0.2, 0.25) is 0 Å². The molecule has 3 aromatic carbocycles. The fourth-order valence-electron chi connectivity index (χ4n) is 4.07. The molecule has 0 aromatic heterocycles. The first kappa shape index (κ1) is 26.4. The fraction of sp³-hybridized carbons (Fsp3) is 0.185. The predicted molar refractivity (Wildman–Crippen MR) is 137 cm³/mol. The molecule has 1 aliphatic rings. The number of nitrogens with one attached hydrogen (secondary N) is 1. The number of amides is 2. The van der Waals surface area contributed by atoms with E-state index in [0.29, 0.717) is 24.3 Å². The second kappa shape index (κ2) is 11.2. The SMILES string of the molecule is O=C(/C=C/c1ccc([N+](=O)[O-])cc1)Nc1ccc(N2CCN(C(=O)c3ccccc3C(F)(F)F)CC2)cc1. The van der Waals surface area contributed by atoms with Crippen molar-refractivity contribution >= 4 is 35.0 Å². The van der Waals surface area contributed by atoms with Crippen LogP contribution in [0.5, 0.6) is 0 Å². The highest BCUT2D eigenvalue weighted by Crippen LogP contribution is 2.32. The van der Waals surface area contributed by atoms with Crippen LogP contribution in [0.3, 0.4) is 0 Å². The normalized spacial score (nSPS) is 14.0. The lowest BCUT2D eigenvalue weighted by Gasteiger charge is -2.36. The first-order valence-corrected chi connectivity index (χ1v) is 11.7. The zero-order chi connectivity index (χ0) is 27.3. The largest absolute Gasteiger partial charge is 0.417 e. The van der Waals surface area contributed by atoms with Gasteiger partial charge in [-0.15, -0.1) is 0 Å². The Morgan fingerprint density at radius 1 is 0.895 bits per heavy atom. The first-order valence-electron chi connectivity index (χ1n) is 11.7. The average Bonchev–Trinajstić information content (AvgIpc) is 2.92. The Morgan fingerprint density at radius 3 is 2.13 bits per heavy atom. The zero-order valence-corrected chi connectivity index (χ0v) is 20.0. The van der Waals surface area contributed by atoms with Crippen LogP contribution in [0.25, 0.3) is 6.08 Å². The van der Waals surface area contributed by atoms with Crippen LogP contribution < -0.4 is 10.2 Å². The Hall–Kier alpha value is -4.67. The van der Waals surface area contributed by atoms with Gasteiger partial charge in [-0.25, -0.2) is 0 Å². The van der Waals surface area contributed by atoms with Crippen molar-refractivity contribution in [3.05, 3.63) is 106 Å². The average molecular weight is 524 g/mol. The van der Waals surface area contributed by atoms with E-state index in [-0.39, 0.29) is 30.2 Å². The molecule has 2 amide bonds.